The Morgan fingerprint density at radius 3 is 2.44 bits per heavy atom. The largest absolute Gasteiger partial charge is 0.310 e. The molecular formula is C14H23Cl2NS. The van der Waals surface area contributed by atoms with E-state index in [1.54, 1.807) is 0 Å². The molecule has 4 heteroatoms. The first-order valence-electron chi connectivity index (χ1n) is 6.83. The molecule has 104 valence electrons. The summed E-state index contributed by atoms with van der Waals surface area (Å²) in [5.41, 5.74) is 1.12. The van der Waals surface area contributed by atoms with Crippen molar-refractivity contribution in [1.82, 2.24) is 5.32 Å². The van der Waals surface area contributed by atoms with Crippen LogP contribution in [0.4, 0.5) is 0 Å². The van der Waals surface area contributed by atoms with Crippen LogP contribution in [-0.4, -0.2) is 6.54 Å². The van der Waals surface area contributed by atoms with Gasteiger partial charge >= 0.3 is 0 Å². The van der Waals surface area contributed by atoms with Crippen LogP contribution in [0.1, 0.15) is 64.0 Å². The minimum atomic E-state index is 0.289. The minimum absolute atomic E-state index is 0.289. The van der Waals surface area contributed by atoms with Gasteiger partial charge in [0.15, 0.2) is 0 Å². The number of rotatable bonds is 9. The number of unbranched alkanes of at least 4 members (excludes halogenated alkanes) is 5. The van der Waals surface area contributed by atoms with Crippen molar-refractivity contribution >= 4 is 34.5 Å². The van der Waals surface area contributed by atoms with E-state index in [0.29, 0.717) is 0 Å². The van der Waals surface area contributed by atoms with Crippen molar-refractivity contribution in [3.8, 4) is 0 Å². The van der Waals surface area contributed by atoms with Gasteiger partial charge < -0.3 is 5.32 Å². The maximum atomic E-state index is 6.13. The highest BCUT2D eigenvalue weighted by Crippen LogP contribution is 2.34. The molecule has 0 saturated carbocycles. The van der Waals surface area contributed by atoms with Crippen LogP contribution in [0.3, 0.4) is 0 Å². The SMILES string of the molecule is CCCCCCCCNC(C)c1cc(Cl)sc1Cl. The van der Waals surface area contributed by atoms with Gasteiger partial charge in [-0.2, -0.15) is 0 Å². The van der Waals surface area contributed by atoms with Crippen molar-refractivity contribution in [3.63, 3.8) is 0 Å². The van der Waals surface area contributed by atoms with E-state index in [1.165, 1.54) is 49.9 Å². The lowest BCUT2D eigenvalue weighted by Gasteiger charge is -2.13. The second-order valence-corrected chi connectivity index (χ2v) is 7.01. The Kier molecular flexibility index (Phi) is 8.32. The molecule has 1 N–H and O–H groups in total. The smallest absolute Gasteiger partial charge is 0.0991 e. The summed E-state index contributed by atoms with van der Waals surface area (Å²) in [5, 5.41) is 3.51. The van der Waals surface area contributed by atoms with E-state index in [9.17, 15) is 0 Å². The fraction of sp³-hybridized carbons (Fsp3) is 0.714. The lowest BCUT2D eigenvalue weighted by Crippen LogP contribution is -2.19. The highest BCUT2D eigenvalue weighted by atomic mass is 35.5. The molecule has 0 aliphatic rings. The van der Waals surface area contributed by atoms with Gasteiger partial charge in [-0.15, -0.1) is 11.3 Å². The number of hydrogen-bond acceptors (Lipinski definition) is 2. The van der Waals surface area contributed by atoms with Gasteiger partial charge in [-0.1, -0.05) is 62.2 Å². The monoisotopic (exact) mass is 307 g/mol. The zero-order valence-corrected chi connectivity index (χ0v) is 13.6. The molecule has 1 atom stereocenters. The van der Waals surface area contributed by atoms with Crippen LogP contribution in [-0.2, 0) is 0 Å². The van der Waals surface area contributed by atoms with Crippen molar-refractivity contribution in [2.24, 2.45) is 0 Å². The van der Waals surface area contributed by atoms with Gasteiger partial charge in [-0.05, 0) is 31.5 Å². The summed E-state index contributed by atoms with van der Waals surface area (Å²) in [4.78, 5) is 0. The minimum Gasteiger partial charge on any atom is -0.310 e. The van der Waals surface area contributed by atoms with E-state index >= 15 is 0 Å². The predicted octanol–water partition coefficient (Wildman–Crippen LogP) is 6.07. The number of hydrogen-bond donors (Lipinski definition) is 1. The maximum absolute atomic E-state index is 6.13. The lowest BCUT2D eigenvalue weighted by molar-refractivity contribution is 0.528. The zero-order valence-electron chi connectivity index (χ0n) is 11.3. The first kappa shape index (κ1) is 16.3. The summed E-state index contributed by atoms with van der Waals surface area (Å²) in [6.45, 7) is 5.44. The van der Waals surface area contributed by atoms with Crippen LogP contribution in [0.25, 0.3) is 0 Å². The van der Waals surface area contributed by atoms with Crippen LogP contribution >= 0.6 is 34.5 Å². The van der Waals surface area contributed by atoms with Crippen LogP contribution in [0, 0.1) is 0 Å². The molecule has 0 saturated heterocycles. The van der Waals surface area contributed by atoms with Crippen molar-refractivity contribution < 1.29 is 0 Å². The molecule has 1 unspecified atom stereocenters. The molecule has 1 aromatic heterocycles. The maximum Gasteiger partial charge on any atom is 0.0991 e. The zero-order chi connectivity index (χ0) is 13.4. The third kappa shape index (κ3) is 5.92. The van der Waals surface area contributed by atoms with E-state index in [0.717, 1.165) is 20.8 Å². The second kappa shape index (κ2) is 9.19. The van der Waals surface area contributed by atoms with Crippen LogP contribution in [0.15, 0.2) is 6.07 Å². The van der Waals surface area contributed by atoms with Gasteiger partial charge in [0.1, 0.15) is 0 Å². The van der Waals surface area contributed by atoms with Gasteiger partial charge in [0.05, 0.1) is 8.67 Å². The number of nitrogens with one attached hydrogen (secondary N) is 1. The molecule has 0 spiro atoms. The summed E-state index contributed by atoms with van der Waals surface area (Å²) in [6, 6.07) is 2.25. The standard InChI is InChI=1S/C14H23Cl2NS/c1-3-4-5-6-7-8-9-17-11(2)12-10-13(15)18-14(12)16/h10-11,17H,3-9H2,1-2H3. The molecule has 1 aromatic rings. The molecule has 0 amide bonds. The lowest BCUT2D eigenvalue weighted by atomic mass is 10.1. The van der Waals surface area contributed by atoms with E-state index in [2.05, 4.69) is 19.2 Å². The number of halogens is 2. The molecule has 0 fully saturated rings. The third-order valence-electron chi connectivity index (χ3n) is 3.13. The molecule has 1 nitrogen and oxygen atoms in total. The van der Waals surface area contributed by atoms with Crippen LogP contribution in [0.5, 0.6) is 0 Å². The number of thiophene rings is 1. The Labute approximate surface area is 125 Å². The van der Waals surface area contributed by atoms with Gasteiger partial charge in [-0.25, -0.2) is 0 Å². The fourth-order valence-corrected chi connectivity index (χ4v) is 3.63. The Bertz CT molecular complexity index is 339. The molecule has 1 heterocycles. The molecular weight excluding hydrogens is 285 g/mol. The molecule has 0 aromatic carbocycles. The summed E-state index contributed by atoms with van der Waals surface area (Å²) in [6.07, 6.45) is 7.97. The van der Waals surface area contributed by atoms with Crippen LogP contribution in [0.2, 0.25) is 8.67 Å². The summed E-state index contributed by atoms with van der Waals surface area (Å²) < 4.78 is 1.58. The average molecular weight is 308 g/mol. The predicted molar refractivity (Wildman–Crippen MR) is 84.1 cm³/mol. The molecule has 0 aliphatic heterocycles. The fourth-order valence-electron chi connectivity index (χ4n) is 1.98. The van der Waals surface area contributed by atoms with E-state index in [1.807, 2.05) is 6.07 Å². The van der Waals surface area contributed by atoms with Crippen molar-refractivity contribution in [2.45, 2.75) is 58.4 Å². The van der Waals surface area contributed by atoms with E-state index in [4.69, 9.17) is 23.2 Å². The Balaban J connectivity index is 2.14. The highest BCUT2D eigenvalue weighted by Gasteiger charge is 2.12. The Morgan fingerprint density at radius 2 is 1.83 bits per heavy atom. The molecule has 0 aliphatic carbocycles. The topological polar surface area (TPSA) is 12.0 Å². The third-order valence-corrected chi connectivity index (χ3v) is 4.65. The molecule has 1 rings (SSSR count). The van der Waals surface area contributed by atoms with Gasteiger partial charge in [-0.3, -0.25) is 0 Å². The molecule has 18 heavy (non-hydrogen) atoms. The quantitative estimate of drug-likeness (QED) is 0.546. The highest BCUT2D eigenvalue weighted by molar-refractivity contribution is 7.20. The van der Waals surface area contributed by atoms with Crippen molar-refractivity contribution in [3.05, 3.63) is 20.3 Å². The molecule has 0 radical (unpaired) electrons. The molecule has 0 bridgehead atoms. The summed E-state index contributed by atoms with van der Waals surface area (Å²) in [7, 11) is 0. The Morgan fingerprint density at radius 1 is 1.17 bits per heavy atom. The van der Waals surface area contributed by atoms with Crippen molar-refractivity contribution in [2.75, 3.05) is 6.54 Å². The van der Waals surface area contributed by atoms with Gasteiger partial charge in [0.25, 0.3) is 0 Å². The van der Waals surface area contributed by atoms with E-state index < -0.39 is 0 Å². The van der Waals surface area contributed by atoms with Crippen LogP contribution < -0.4 is 5.32 Å². The van der Waals surface area contributed by atoms with Gasteiger partial charge in [0.2, 0.25) is 0 Å². The first-order chi connectivity index (χ1) is 8.65. The summed E-state index contributed by atoms with van der Waals surface area (Å²) in [5.74, 6) is 0. The van der Waals surface area contributed by atoms with E-state index in [-0.39, 0.29) is 6.04 Å². The first-order valence-corrected chi connectivity index (χ1v) is 8.40. The normalized spacial score (nSPS) is 12.9. The summed E-state index contributed by atoms with van der Waals surface area (Å²) >= 11 is 13.5. The average Bonchev–Trinajstić information content (AvgIpc) is 2.67. The van der Waals surface area contributed by atoms with Gasteiger partial charge in [0, 0.05) is 6.04 Å². The second-order valence-electron chi connectivity index (χ2n) is 4.72. The van der Waals surface area contributed by atoms with Crippen molar-refractivity contribution in [1.29, 1.82) is 0 Å². The Hall–Kier alpha value is 0.240.